The zero-order valence-electron chi connectivity index (χ0n) is 22.1. The minimum absolute atomic E-state index is 0.0900. The highest BCUT2D eigenvalue weighted by atomic mass is 16.6. The highest BCUT2D eigenvalue weighted by Crippen LogP contribution is 2.26. The molecule has 2 heterocycles. The topological polar surface area (TPSA) is 126 Å². The third kappa shape index (κ3) is 11.0. The lowest BCUT2D eigenvalue weighted by Crippen LogP contribution is -2.38. The molecular formula is C29H34N2O8. The Morgan fingerprint density at radius 2 is 1.90 bits per heavy atom. The smallest absolute Gasteiger partial charge is 0.407 e. The molecule has 0 bridgehead atoms. The molecular weight excluding hydrogens is 504 g/mol. The van der Waals surface area contributed by atoms with Gasteiger partial charge < -0.3 is 28.7 Å². The van der Waals surface area contributed by atoms with Gasteiger partial charge in [0.15, 0.2) is 0 Å². The minimum atomic E-state index is -0.518. The molecule has 1 aliphatic rings. The van der Waals surface area contributed by atoms with E-state index >= 15 is 0 Å². The van der Waals surface area contributed by atoms with Crippen molar-refractivity contribution in [3.05, 3.63) is 78.0 Å². The molecule has 10 nitrogen and oxygen atoms in total. The number of nitrogens with one attached hydrogen (secondary N) is 1. The van der Waals surface area contributed by atoms with E-state index in [2.05, 4.69) is 15.0 Å². The quantitative estimate of drug-likeness (QED) is 0.239. The van der Waals surface area contributed by atoms with E-state index in [0.717, 1.165) is 11.3 Å². The number of nitrogens with zero attached hydrogens (tertiary/aromatic N) is 1. The van der Waals surface area contributed by atoms with Gasteiger partial charge in [0, 0.05) is 25.5 Å². The Hall–Kier alpha value is -4.18. The van der Waals surface area contributed by atoms with Gasteiger partial charge in [-0.1, -0.05) is 54.6 Å². The number of allylic oxidation sites excluding steroid dienone is 1. The predicted octanol–water partition coefficient (Wildman–Crippen LogP) is 4.27. The van der Waals surface area contributed by atoms with Gasteiger partial charge in [0.05, 0.1) is 38.5 Å². The van der Waals surface area contributed by atoms with Gasteiger partial charge >= 0.3 is 18.0 Å². The van der Waals surface area contributed by atoms with Crippen LogP contribution in [0.3, 0.4) is 0 Å². The minimum Gasteiger partial charge on any atom is -0.469 e. The molecule has 1 amide bonds. The van der Waals surface area contributed by atoms with Crippen molar-refractivity contribution in [2.75, 3.05) is 20.8 Å². The fourth-order valence-electron chi connectivity index (χ4n) is 3.91. The third-order valence-electron chi connectivity index (χ3n) is 5.80. The van der Waals surface area contributed by atoms with Gasteiger partial charge in [0.2, 0.25) is 5.89 Å². The van der Waals surface area contributed by atoms with Crippen LogP contribution in [0.4, 0.5) is 4.79 Å². The van der Waals surface area contributed by atoms with Gasteiger partial charge in [-0.2, -0.15) is 0 Å². The fourth-order valence-corrected chi connectivity index (χ4v) is 3.91. The maximum atomic E-state index is 12.5. The summed E-state index contributed by atoms with van der Waals surface area (Å²) in [5, 5.41) is 2.52. The van der Waals surface area contributed by atoms with E-state index in [1.807, 2.05) is 42.5 Å². The number of carbonyl (C=O) groups is 3. The third-order valence-corrected chi connectivity index (χ3v) is 5.80. The molecule has 0 unspecified atom stereocenters. The number of methoxy groups -OCH3 is 2. The second-order valence-electron chi connectivity index (χ2n) is 8.77. The van der Waals surface area contributed by atoms with Crippen molar-refractivity contribution in [2.45, 2.75) is 50.4 Å². The zero-order valence-corrected chi connectivity index (χ0v) is 22.1. The van der Waals surface area contributed by atoms with E-state index in [1.54, 1.807) is 24.5 Å². The van der Waals surface area contributed by atoms with E-state index in [4.69, 9.17) is 18.6 Å². The van der Waals surface area contributed by atoms with E-state index in [1.165, 1.54) is 20.3 Å². The SMILES string of the molecule is COC(=O)C[C@@H]1C[C@@H](OC(=O)/C=C\CCc2coc(/C=C\CNC(=O)OC)n2)C[C@H](/C=C/c2ccccc2)O1. The molecule has 1 aromatic carbocycles. The fraction of sp³-hybridized carbons (Fsp3) is 0.379. The lowest BCUT2D eigenvalue weighted by atomic mass is 9.98. The van der Waals surface area contributed by atoms with Gasteiger partial charge in [-0.15, -0.1) is 0 Å². The summed E-state index contributed by atoms with van der Waals surface area (Å²) in [7, 11) is 2.63. The van der Waals surface area contributed by atoms with Crippen LogP contribution in [-0.4, -0.2) is 62.1 Å². The first-order valence-corrected chi connectivity index (χ1v) is 12.7. The molecule has 208 valence electrons. The van der Waals surface area contributed by atoms with Gasteiger partial charge in [-0.05, 0) is 24.5 Å². The van der Waals surface area contributed by atoms with Gasteiger partial charge in [0.25, 0.3) is 0 Å². The van der Waals surface area contributed by atoms with Crippen LogP contribution in [0.25, 0.3) is 12.2 Å². The summed E-state index contributed by atoms with van der Waals surface area (Å²) in [6.07, 6.45) is 12.4. The molecule has 0 radical (unpaired) electrons. The molecule has 10 heteroatoms. The molecule has 1 N–H and O–H groups in total. The van der Waals surface area contributed by atoms with Gasteiger partial charge in [-0.3, -0.25) is 4.79 Å². The van der Waals surface area contributed by atoms with E-state index in [0.29, 0.717) is 31.6 Å². The van der Waals surface area contributed by atoms with Crippen molar-refractivity contribution < 1.29 is 37.7 Å². The molecule has 0 spiro atoms. The standard InChI is InChI=1S/C29H34N2O8/c1-35-28(33)19-25-18-24(17-23(38-25)15-14-21-9-4-3-5-10-21)39-27(32)13-7-6-11-22-20-37-26(31-22)12-8-16-30-29(34)36-2/h3-5,7-10,12-15,20,23-25H,6,11,16-19H2,1-2H3,(H,30,34)/b12-8-,13-7-,15-14+/t23-,24-,25-/m0/s1. The van der Waals surface area contributed by atoms with Crippen LogP contribution in [-0.2, 0) is 35.0 Å². The van der Waals surface area contributed by atoms with Crippen LogP contribution in [0, 0.1) is 0 Å². The van der Waals surface area contributed by atoms with E-state index in [-0.39, 0.29) is 25.0 Å². The molecule has 1 fully saturated rings. The number of carbonyl (C=O) groups excluding carboxylic acids is 3. The van der Waals surface area contributed by atoms with Gasteiger partial charge in [-0.25, -0.2) is 14.6 Å². The number of aromatic nitrogens is 1. The number of benzene rings is 1. The monoisotopic (exact) mass is 538 g/mol. The molecule has 1 aliphatic heterocycles. The van der Waals surface area contributed by atoms with E-state index in [9.17, 15) is 14.4 Å². The van der Waals surface area contributed by atoms with Crippen molar-refractivity contribution in [3.63, 3.8) is 0 Å². The maximum absolute atomic E-state index is 12.5. The van der Waals surface area contributed by atoms with Crippen LogP contribution in [0.1, 0.15) is 42.8 Å². The summed E-state index contributed by atoms with van der Waals surface area (Å²) in [6.45, 7) is 0.288. The zero-order chi connectivity index (χ0) is 27.9. The summed E-state index contributed by atoms with van der Waals surface area (Å²) in [5.74, 6) is -0.412. The molecule has 1 aromatic heterocycles. The average Bonchev–Trinajstić information content (AvgIpc) is 3.40. The number of esters is 2. The lowest BCUT2D eigenvalue weighted by Gasteiger charge is -2.33. The predicted molar refractivity (Wildman–Crippen MR) is 143 cm³/mol. The van der Waals surface area contributed by atoms with Crippen molar-refractivity contribution in [3.8, 4) is 0 Å². The number of hydrogen-bond donors (Lipinski definition) is 1. The Morgan fingerprint density at radius 1 is 1.08 bits per heavy atom. The average molecular weight is 539 g/mol. The largest absolute Gasteiger partial charge is 0.469 e. The normalized spacial score (nSPS) is 19.4. The molecule has 2 aromatic rings. The number of aryl methyl sites for hydroxylation is 1. The van der Waals surface area contributed by atoms with E-state index < -0.39 is 24.3 Å². The van der Waals surface area contributed by atoms with Crippen molar-refractivity contribution in [1.29, 1.82) is 0 Å². The number of amides is 1. The Balaban J connectivity index is 1.46. The van der Waals surface area contributed by atoms with Crippen molar-refractivity contribution >= 4 is 30.2 Å². The van der Waals surface area contributed by atoms with Crippen LogP contribution in [0.2, 0.25) is 0 Å². The molecule has 3 rings (SSSR count). The van der Waals surface area contributed by atoms with Crippen molar-refractivity contribution in [1.82, 2.24) is 10.3 Å². The molecule has 1 saturated heterocycles. The Kier molecular flexibility index (Phi) is 12.0. The first-order valence-electron chi connectivity index (χ1n) is 12.7. The molecule has 0 saturated carbocycles. The highest BCUT2D eigenvalue weighted by molar-refractivity contribution is 5.82. The maximum Gasteiger partial charge on any atom is 0.407 e. The summed E-state index contributed by atoms with van der Waals surface area (Å²) in [6, 6.07) is 9.81. The second kappa shape index (κ2) is 15.9. The Bertz CT molecular complexity index is 1160. The lowest BCUT2D eigenvalue weighted by molar-refractivity contribution is -0.157. The molecule has 3 atom stereocenters. The summed E-state index contributed by atoms with van der Waals surface area (Å²) in [5.41, 5.74) is 1.76. The van der Waals surface area contributed by atoms with Crippen LogP contribution in [0.5, 0.6) is 0 Å². The van der Waals surface area contributed by atoms with Crippen LogP contribution >= 0.6 is 0 Å². The molecule has 39 heavy (non-hydrogen) atoms. The second-order valence-corrected chi connectivity index (χ2v) is 8.77. The van der Waals surface area contributed by atoms with Crippen LogP contribution in [0.15, 0.2) is 65.3 Å². The first-order chi connectivity index (χ1) is 18.9. The van der Waals surface area contributed by atoms with Gasteiger partial charge in [0.1, 0.15) is 12.4 Å². The number of hydrogen-bond acceptors (Lipinski definition) is 9. The van der Waals surface area contributed by atoms with Crippen molar-refractivity contribution in [2.24, 2.45) is 0 Å². The number of ether oxygens (including phenoxy) is 4. The highest BCUT2D eigenvalue weighted by Gasteiger charge is 2.32. The molecule has 0 aliphatic carbocycles. The number of oxazole rings is 1. The summed E-state index contributed by atoms with van der Waals surface area (Å²) in [4.78, 5) is 39.6. The Morgan fingerprint density at radius 3 is 2.67 bits per heavy atom. The van der Waals surface area contributed by atoms with Crippen LogP contribution < -0.4 is 5.32 Å². The number of rotatable bonds is 12. The number of alkyl carbamates (subject to hydrolysis) is 1. The first kappa shape index (κ1) is 29.4. The summed E-state index contributed by atoms with van der Waals surface area (Å²) < 4.78 is 26.4. The summed E-state index contributed by atoms with van der Waals surface area (Å²) >= 11 is 0. The Labute approximate surface area is 227 Å².